The Kier molecular flexibility index (Phi) is 3.41. The predicted molar refractivity (Wildman–Crippen MR) is 80.0 cm³/mol. The Morgan fingerprint density at radius 1 is 1.19 bits per heavy atom. The fourth-order valence-electron chi connectivity index (χ4n) is 2.64. The number of nitrogens with zero attached hydrogens (tertiary/aromatic N) is 2. The average molecular weight is 285 g/mol. The van der Waals surface area contributed by atoms with Gasteiger partial charge in [-0.05, 0) is 24.0 Å². The van der Waals surface area contributed by atoms with Gasteiger partial charge in [-0.2, -0.15) is 0 Å². The Morgan fingerprint density at radius 3 is 2.38 bits per heavy atom. The number of hydrogen-bond acceptors (Lipinski definition) is 6. The lowest BCUT2D eigenvalue weighted by atomic mass is 10.1. The summed E-state index contributed by atoms with van der Waals surface area (Å²) >= 11 is 0. The van der Waals surface area contributed by atoms with Gasteiger partial charge >= 0.3 is 0 Å². The van der Waals surface area contributed by atoms with E-state index in [1.54, 1.807) is 0 Å². The summed E-state index contributed by atoms with van der Waals surface area (Å²) < 4.78 is 0. The monoisotopic (exact) mass is 285 g/mol. The minimum absolute atomic E-state index is 0.0454. The molecular weight excluding hydrogens is 270 g/mol. The van der Waals surface area contributed by atoms with Crippen LogP contribution in [0, 0.1) is 10.1 Å². The molecule has 1 aromatic carbocycles. The highest BCUT2D eigenvalue weighted by Crippen LogP contribution is 2.26. The zero-order valence-electron chi connectivity index (χ0n) is 11.2. The van der Waals surface area contributed by atoms with Crippen LogP contribution < -0.4 is 16.6 Å². The molecule has 0 bridgehead atoms. The molecule has 0 amide bonds. The number of anilines is 2. The zero-order chi connectivity index (χ0) is 14.8. The van der Waals surface area contributed by atoms with Crippen molar-refractivity contribution in [3.05, 3.63) is 57.6 Å². The van der Waals surface area contributed by atoms with Gasteiger partial charge in [-0.15, -0.1) is 0 Å². The van der Waals surface area contributed by atoms with Crippen LogP contribution in [0.5, 0.6) is 0 Å². The Morgan fingerprint density at radius 2 is 1.81 bits per heavy atom. The summed E-state index contributed by atoms with van der Waals surface area (Å²) in [6.45, 7) is 0. The summed E-state index contributed by atoms with van der Waals surface area (Å²) in [5.41, 5.74) is 4.91. The number of hydrogen-bond donors (Lipinski definition) is 3. The maximum absolute atomic E-state index is 10.9. The van der Waals surface area contributed by atoms with E-state index in [9.17, 15) is 10.1 Å². The van der Waals surface area contributed by atoms with E-state index in [2.05, 4.69) is 27.9 Å². The first-order chi connectivity index (χ1) is 10.2. The summed E-state index contributed by atoms with van der Waals surface area (Å²) in [4.78, 5) is 14.7. The molecular formula is C14H15N5O2. The van der Waals surface area contributed by atoms with Crippen molar-refractivity contribution in [2.45, 2.75) is 18.9 Å². The number of pyridine rings is 1. The van der Waals surface area contributed by atoms with Crippen LogP contribution in [0.2, 0.25) is 0 Å². The van der Waals surface area contributed by atoms with Gasteiger partial charge < -0.3 is 10.7 Å². The standard InChI is InChI=1S/C14H15N5O2/c15-18-14-8-12(19(20)21)7-13(17-14)16-11-5-9-3-1-2-4-10(9)6-11/h1-4,7-8,11H,5-6,15H2,(H2,16,17,18). The van der Waals surface area contributed by atoms with E-state index in [-0.39, 0.29) is 17.5 Å². The maximum atomic E-state index is 10.9. The first kappa shape index (κ1) is 13.3. The molecule has 7 heteroatoms. The van der Waals surface area contributed by atoms with Gasteiger partial charge in [-0.1, -0.05) is 24.3 Å². The molecule has 0 saturated heterocycles. The Hall–Kier alpha value is -2.67. The molecule has 0 spiro atoms. The largest absolute Gasteiger partial charge is 0.366 e. The normalized spacial score (nSPS) is 13.8. The van der Waals surface area contributed by atoms with E-state index >= 15 is 0 Å². The summed E-state index contributed by atoms with van der Waals surface area (Å²) in [6, 6.07) is 11.1. The molecule has 0 atom stereocenters. The van der Waals surface area contributed by atoms with Crippen molar-refractivity contribution in [2.24, 2.45) is 5.84 Å². The second-order valence-corrected chi connectivity index (χ2v) is 5.02. The van der Waals surface area contributed by atoms with E-state index in [0.717, 1.165) is 12.8 Å². The van der Waals surface area contributed by atoms with Gasteiger partial charge in [0.15, 0.2) is 0 Å². The molecule has 4 N–H and O–H groups in total. The smallest absolute Gasteiger partial charge is 0.276 e. The highest BCUT2D eigenvalue weighted by atomic mass is 16.6. The van der Waals surface area contributed by atoms with Gasteiger partial charge in [-0.3, -0.25) is 10.1 Å². The lowest BCUT2D eigenvalue weighted by Gasteiger charge is -2.13. The first-order valence-electron chi connectivity index (χ1n) is 6.62. The highest BCUT2D eigenvalue weighted by molar-refractivity contribution is 5.55. The number of aromatic nitrogens is 1. The van der Waals surface area contributed by atoms with Crippen molar-refractivity contribution in [3.8, 4) is 0 Å². The molecule has 0 radical (unpaired) electrons. The zero-order valence-corrected chi connectivity index (χ0v) is 11.2. The van der Waals surface area contributed by atoms with Gasteiger partial charge in [-0.25, -0.2) is 10.8 Å². The van der Waals surface area contributed by atoms with Crippen molar-refractivity contribution in [2.75, 3.05) is 10.7 Å². The minimum atomic E-state index is -0.461. The van der Waals surface area contributed by atoms with Gasteiger partial charge in [0.25, 0.3) is 5.69 Å². The third-order valence-corrected chi connectivity index (χ3v) is 3.57. The highest BCUT2D eigenvalue weighted by Gasteiger charge is 2.22. The van der Waals surface area contributed by atoms with Crippen LogP contribution >= 0.6 is 0 Å². The second kappa shape index (κ2) is 5.37. The number of fused-ring (bicyclic) bond motifs is 1. The van der Waals surface area contributed by atoms with Crippen molar-refractivity contribution < 1.29 is 4.92 Å². The van der Waals surface area contributed by atoms with Gasteiger partial charge in [0.05, 0.1) is 17.1 Å². The van der Waals surface area contributed by atoms with Crippen molar-refractivity contribution in [1.82, 2.24) is 4.98 Å². The summed E-state index contributed by atoms with van der Waals surface area (Å²) in [5, 5.41) is 14.2. The number of nitrogens with one attached hydrogen (secondary N) is 2. The maximum Gasteiger partial charge on any atom is 0.276 e. The van der Waals surface area contributed by atoms with Gasteiger partial charge in [0, 0.05) is 6.04 Å². The number of hydrazine groups is 1. The Labute approximate surface area is 121 Å². The van der Waals surface area contributed by atoms with Crippen LogP contribution in [0.3, 0.4) is 0 Å². The first-order valence-corrected chi connectivity index (χ1v) is 6.62. The fraction of sp³-hybridized carbons (Fsp3) is 0.214. The molecule has 1 aliphatic carbocycles. The number of nitrogens with two attached hydrogens (primary N) is 1. The average Bonchev–Trinajstić information content (AvgIpc) is 2.88. The van der Waals surface area contributed by atoms with E-state index in [1.165, 1.54) is 23.3 Å². The minimum Gasteiger partial charge on any atom is -0.366 e. The SMILES string of the molecule is NNc1cc([N+](=O)[O-])cc(NC2Cc3ccccc3C2)n1. The molecule has 1 heterocycles. The fourth-order valence-corrected chi connectivity index (χ4v) is 2.64. The van der Waals surface area contributed by atoms with E-state index < -0.39 is 4.92 Å². The molecule has 108 valence electrons. The van der Waals surface area contributed by atoms with Crippen LogP contribution in [0.25, 0.3) is 0 Å². The molecule has 7 nitrogen and oxygen atoms in total. The number of nitro groups is 1. The third kappa shape index (κ3) is 2.77. The van der Waals surface area contributed by atoms with Crippen molar-refractivity contribution >= 4 is 17.3 Å². The molecule has 2 aromatic rings. The van der Waals surface area contributed by atoms with Crippen molar-refractivity contribution in [1.29, 1.82) is 0 Å². The van der Waals surface area contributed by atoms with E-state index in [0.29, 0.717) is 5.82 Å². The van der Waals surface area contributed by atoms with Crippen molar-refractivity contribution in [3.63, 3.8) is 0 Å². The molecule has 1 aliphatic rings. The molecule has 21 heavy (non-hydrogen) atoms. The van der Waals surface area contributed by atoms with Crippen LogP contribution in [0.4, 0.5) is 17.3 Å². The van der Waals surface area contributed by atoms with Gasteiger partial charge in [0.2, 0.25) is 0 Å². The van der Waals surface area contributed by atoms with Crippen LogP contribution in [-0.2, 0) is 12.8 Å². The summed E-state index contributed by atoms with van der Waals surface area (Å²) in [6.07, 6.45) is 1.76. The summed E-state index contributed by atoms with van der Waals surface area (Å²) in [7, 11) is 0. The predicted octanol–water partition coefficient (Wildman–Crippen LogP) is 1.85. The Bertz CT molecular complexity index is 664. The number of benzene rings is 1. The lowest BCUT2D eigenvalue weighted by molar-refractivity contribution is -0.384. The van der Waals surface area contributed by atoms with Crippen LogP contribution in [0.1, 0.15) is 11.1 Å². The van der Waals surface area contributed by atoms with E-state index in [4.69, 9.17) is 5.84 Å². The second-order valence-electron chi connectivity index (χ2n) is 5.02. The number of rotatable bonds is 4. The molecule has 0 fully saturated rings. The van der Waals surface area contributed by atoms with Gasteiger partial charge in [0.1, 0.15) is 11.6 Å². The lowest BCUT2D eigenvalue weighted by Crippen LogP contribution is -2.21. The third-order valence-electron chi connectivity index (χ3n) is 3.57. The van der Waals surface area contributed by atoms with E-state index in [1.807, 2.05) is 12.1 Å². The van der Waals surface area contributed by atoms with Crippen LogP contribution in [-0.4, -0.2) is 15.9 Å². The number of nitrogen functional groups attached to an aromatic ring is 1. The molecule has 1 aromatic heterocycles. The molecule has 3 rings (SSSR count). The topological polar surface area (TPSA) is 106 Å². The molecule has 0 aliphatic heterocycles. The molecule has 0 unspecified atom stereocenters. The molecule has 0 saturated carbocycles. The quantitative estimate of drug-likeness (QED) is 0.450. The summed E-state index contributed by atoms with van der Waals surface area (Å²) in [5.74, 6) is 6.02. The van der Waals surface area contributed by atoms with Crippen LogP contribution in [0.15, 0.2) is 36.4 Å². The Balaban J connectivity index is 1.80.